The molecule has 1 atom stereocenters. The molecule has 0 aliphatic carbocycles. The maximum absolute atomic E-state index is 13.2. The summed E-state index contributed by atoms with van der Waals surface area (Å²) in [7, 11) is 0. The van der Waals surface area contributed by atoms with Crippen LogP contribution in [0.3, 0.4) is 0 Å². The summed E-state index contributed by atoms with van der Waals surface area (Å²) >= 11 is 0. The van der Waals surface area contributed by atoms with Gasteiger partial charge in [-0.25, -0.2) is 0 Å². The van der Waals surface area contributed by atoms with Gasteiger partial charge >= 0.3 is 0 Å². The molecule has 0 N–H and O–H groups in total. The smallest absolute Gasteiger partial charge is 0.226 e. The topological polar surface area (TPSA) is 29.5 Å². The maximum atomic E-state index is 13.2. The summed E-state index contributed by atoms with van der Waals surface area (Å²) in [5.74, 6) is 0.494. The van der Waals surface area contributed by atoms with Crippen LogP contribution in [0.25, 0.3) is 0 Å². The molecule has 0 aromatic rings. The number of carbonyl (C=O) groups is 1. The predicted octanol–water partition coefficient (Wildman–Crippen LogP) is 4.50. The first-order chi connectivity index (χ1) is 10.4. The molecule has 3 nitrogen and oxygen atoms in total. The van der Waals surface area contributed by atoms with Crippen LogP contribution in [-0.2, 0) is 9.53 Å². The minimum Gasteiger partial charge on any atom is -0.378 e. The van der Waals surface area contributed by atoms with Crippen LogP contribution in [-0.4, -0.2) is 37.1 Å². The molecule has 3 heteroatoms. The van der Waals surface area contributed by atoms with Crippen LogP contribution in [0, 0.1) is 16.7 Å². The molecule has 1 heterocycles. The normalized spacial score (nSPS) is 18.4. The van der Waals surface area contributed by atoms with Gasteiger partial charge in [-0.1, -0.05) is 54.4 Å². The molecule has 1 aliphatic rings. The summed E-state index contributed by atoms with van der Waals surface area (Å²) in [4.78, 5) is 15.3. The fourth-order valence-corrected chi connectivity index (χ4v) is 3.41. The van der Waals surface area contributed by atoms with Crippen LogP contribution in [0.2, 0.25) is 0 Å². The zero-order valence-electron chi connectivity index (χ0n) is 15.7. The first-order valence-electron chi connectivity index (χ1n) is 9.22. The van der Waals surface area contributed by atoms with Gasteiger partial charge < -0.3 is 9.64 Å². The molecule has 130 valence electrons. The van der Waals surface area contributed by atoms with Crippen molar-refractivity contribution < 1.29 is 9.53 Å². The number of morpholine rings is 1. The minimum absolute atomic E-state index is 0.0982. The van der Waals surface area contributed by atoms with Crippen molar-refractivity contribution in [2.24, 2.45) is 16.7 Å². The zero-order chi connectivity index (χ0) is 16.8. The molecule has 0 bridgehead atoms. The largest absolute Gasteiger partial charge is 0.378 e. The van der Waals surface area contributed by atoms with Crippen LogP contribution in [0.5, 0.6) is 0 Å². The Kier molecular flexibility index (Phi) is 7.37. The second-order valence-electron chi connectivity index (χ2n) is 7.57. The lowest BCUT2D eigenvalue weighted by molar-refractivity contribution is -0.146. The molecule has 1 aliphatic heterocycles. The Balaban J connectivity index is 3.02. The Morgan fingerprint density at radius 3 is 1.91 bits per heavy atom. The number of ether oxygens (including phenoxy) is 1. The molecule has 0 aromatic carbocycles. The first-order valence-corrected chi connectivity index (χ1v) is 9.22. The van der Waals surface area contributed by atoms with Crippen LogP contribution in [0.15, 0.2) is 0 Å². The monoisotopic (exact) mass is 311 g/mol. The van der Waals surface area contributed by atoms with Crippen molar-refractivity contribution in [3.8, 4) is 0 Å². The fraction of sp³-hybridized carbons (Fsp3) is 0.947. The molecule has 0 spiro atoms. The van der Waals surface area contributed by atoms with Gasteiger partial charge in [0.15, 0.2) is 0 Å². The second-order valence-corrected chi connectivity index (χ2v) is 7.57. The van der Waals surface area contributed by atoms with E-state index in [0.717, 1.165) is 45.2 Å². The third kappa shape index (κ3) is 4.47. The minimum atomic E-state index is 0.0982. The van der Waals surface area contributed by atoms with Gasteiger partial charge in [0.2, 0.25) is 5.91 Å². The lowest BCUT2D eigenvalue weighted by Crippen LogP contribution is -2.48. The van der Waals surface area contributed by atoms with Crippen LogP contribution in [0.4, 0.5) is 0 Å². The van der Waals surface area contributed by atoms with Crippen molar-refractivity contribution in [2.75, 3.05) is 26.3 Å². The molecule has 1 saturated heterocycles. The lowest BCUT2D eigenvalue weighted by atomic mass is 9.64. The van der Waals surface area contributed by atoms with Gasteiger partial charge in [-0.05, 0) is 30.1 Å². The zero-order valence-corrected chi connectivity index (χ0v) is 15.7. The summed E-state index contributed by atoms with van der Waals surface area (Å²) < 4.78 is 5.42. The summed E-state index contributed by atoms with van der Waals surface area (Å²) in [5, 5.41) is 0. The molecule has 1 amide bonds. The third-order valence-electron chi connectivity index (χ3n) is 6.48. The molecular weight excluding hydrogens is 274 g/mol. The van der Waals surface area contributed by atoms with Gasteiger partial charge in [-0.15, -0.1) is 0 Å². The summed E-state index contributed by atoms with van der Waals surface area (Å²) in [6.45, 7) is 16.5. The number of rotatable bonds is 8. The van der Waals surface area contributed by atoms with Gasteiger partial charge in [-0.2, -0.15) is 0 Å². The van der Waals surface area contributed by atoms with Crippen molar-refractivity contribution in [2.45, 2.75) is 73.6 Å². The quantitative estimate of drug-likeness (QED) is 0.660. The van der Waals surface area contributed by atoms with Crippen molar-refractivity contribution in [1.29, 1.82) is 0 Å². The Morgan fingerprint density at radius 1 is 1.00 bits per heavy atom. The van der Waals surface area contributed by atoms with E-state index in [1.807, 2.05) is 4.90 Å². The molecule has 1 fully saturated rings. The van der Waals surface area contributed by atoms with Gasteiger partial charge in [0.05, 0.1) is 13.2 Å². The Hall–Kier alpha value is -0.570. The van der Waals surface area contributed by atoms with Crippen LogP contribution >= 0.6 is 0 Å². The average molecular weight is 312 g/mol. The van der Waals surface area contributed by atoms with Gasteiger partial charge in [0.25, 0.3) is 0 Å². The number of hydrogen-bond donors (Lipinski definition) is 0. The maximum Gasteiger partial charge on any atom is 0.226 e. The molecule has 0 saturated carbocycles. The Morgan fingerprint density at radius 2 is 1.50 bits per heavy atom. The summed E-state index contributed by atoms with van der Waals surface area (Å²) in [6.07, 6.45) is 5.41. The molecule has 22 heavy (non-hydrogen) atoms. The van der Waals surface area contributed by atoms with E-state index in [-0.39, 0.29) is 16.7 Å². The van der Waals surface area contributed by atoms with Crippen molar-refractivity contribution >= 4 is 5.91 Å². The summed E-state index contributed by atoms with van der Waals surface area (Å²) in [5.41, 5.74) is 0.360. The van der Waals surface area contributed by atoms with E-state index in [0.29, 0.717) is 19.1 Å². The fourth-order valence-electron chi connectivity index (χ4n) is 3.41. The summed E-state index contributed by atoms with van der Waals surface area (Å²) in [6, 6.07) is 0. The van der Waals surface area contributed by atoms with E-state index >= 15 is 0 Å². The highest BCUT2D eigenvalue weighted by Crippen LogP contribution is 2.44. The predicted molar refractivity (Wildman–Crippen MR) is 92.9 cm³/mol. The molecular formula is C19H37NO2. The molecule has 0 radical (unpaired) electrons. The van der Waals surface area contributed by atoms with E-state index < -0.39 is 0 Å². The van der Waals surface area contributed by atoms with Gasteiger partial charge in [0, 0.05) is 19.0 Å². The van der Waals surface area contributed by atoms with E-state index in [9.17, 15) is 4.79 Å². The Bertz CT molecular complexity index is 339. The molecule has 1 rings (SSSR count). The SMILES string of the molecule is CCC(C)(CC)CC(C(=O)N1CCOCC1)C(C)(CC)CC. The van der Waals surface area contributed by atoms with E-state index in [4.69, 9.17) is 4.74 Å². The van der Waals surface area contributed by atoms with Crippen LogP contribution in [0.1, 0.15) is 73.6 Å². The standard InChI is InChI=1S/C19H37NO2/c1-7-18(5,8-2)15-16(19(6,9-3)10-4)17(21)20-11-13-22-14-12-20/h16H,7-15H2,1-6H3. The molecule has 0 aromatic heterocycles. The van der Waals surface area contributed by atoms with Crippen molar-refractivity contribution in [3.05, 3.63) is 0 Å². The average Bonchev–Trinajstić information content (AvgIpc) is 2.59. The first kappa shape index (κ1) is 19.5. The number of hydrogen-bond acceptors (Lipinski definition) is 2. The van der Waals surface area contributed by atoms with E-state index in [1.165, 1.54) is 0 Å². The highest BCUT2D eigenvalue weighted by molar-refractivity contribution is 5.79. The second kappa shape index (κ2) is 8.33. The van der Waals surface area contributed by atoms with Gasteiger partial charge in [0.1, 0.15) is 0 Å². The highest BCUT2D eigenvalue weighted by atomic mass is 16.5. The van der Waals surface area contributed by atoms with Crippen LogP contribution < -0.4 is 0 Å². The van der Waals surface area contributed by atoms with Gasteiger partial charge in [-0.3, -0.25) is 4.79 Å². The Labute approximate surface area is 137 Å². The lowest BCUT2D eigenvalue weighted by Gasteiger charge is -2.43. The number of amides is 1. The number of carbonyl (C=O) groups excluding carboxylic acids is 1. The third-order valence-corrected chi connectivity index (χ3v) is 6.48. The van der Waals surface area contributed by atoms with Crippen molar-refractivity contribution in [3.63, 3.8) is 0 Å². The highest BCUT2D eigenvalue weighted by Gasteiger charge is 2.42. The molecule has 1 unspecified atom stereocenters. The van der Waals surface area contributed by atoms with Crippen molar-refractivity contribution in [1.82, 2.24) is 4.90 Å². The van der Waals surface area contributed by atoms with E-state index in [1.54, 1.807) is 0 Å². The van der Waals surface area contributed by atoms with E-state index in [2.05, 4.69) is 41.5 Å². The number of nitrogens with zero attached hydrogens (tertiary/aromatic N) is 1.